The van der Waals surface area contributed by atoms with Gasteiger partial charge in [0, 0.05) is 37.1 Å². The van der Waals surface area contributed by atoms with Gasteiger partial charge in [0.25, 0.3) is 0 Å². The van der Waals surface area contributed by atoms with Gasteiger partial charge in [-0.1, -0.05) is 0 Å². The van der Waals surface area contributed by atoms with E-state index in [0.717, 1.165) is 44.6 Å². The summed E-state index contributed by atoms with van der Waals surface area (Å²) in [5, 5.41) is 14.0. The summed E-state index contributed by atoms with van der Waals surface area (Å²) in [5.74, 6) is 0.0747. The fourth-order valence-electron chi connectivity index (χ4n) is 2.77. The third-order valence-electron chi connectivity index (χ3n) is 4.41. The van der Waals surface area contributed by atoms with Gasteiger partial charge in [-0.15, -0.1) is 0 Å². The van der Waals surface area contributed by atoms with Crippen LogP contribution in [-0.4, -0.2) is 48.4 Å². The molecule has 25 heavy (non-hydrogen) atoms. The summed E-state index contributed by atoms with van der Waals surface area (Å²) in [6.07, 6.45) is 0.838. The number of rotatable bonds is 5. The molecule has 0 atom stereocenters. The third-order valence-corrected chi connectivity index (χ3v) is 4.41. The molecule has 9 heteroatoms. The first-order valence-electron chi connectivity index (χ1n) is 8.36. The van der Waals surface area contributed by atoms with Crippen molar-refractivity contribution in [2.24, 2.45) is 0 Å². The van der Waals surface area contributed by atoms with Crippen LogP contribution >= 0.6 is 0 Å². The van der Waals surface area contributed by atoms with Crippen molar-refractivity contribution in [3.8, 4) is 0 Å². The number of anilines is 1. The molecular weight excluding hydrogens is 333 g/mol. The Balaban J connectivity index is 1.87. The zero-order valence-electron chi connectivity index (χ0n) is 13.7. The number of nitrogens with one attached hydrogen (secondary N) is 3. The summed E-state index contributed by atoms with van der Waals surface area (Å²) >= 11 is 0. The van der Waals surface area contributed by atoms with Crippen LogP contribution in [0.1, 0.15) is 30.7 Å². The van der Waals surface area contributed by atoms with Gasteiger partial charge in [-0.05, 0) is 38.4 Å². The van der Waals surface area contributed by atoms with Gasteiger partial charge in [-0.2, -0.15) is 13.2 Å². The van der Waals surface area contributed by atoms with E-state index in [1.807, 2.05) is 0 Å². The highest BCUT2D eigenvalue weighted by Crippen LogP contribution is 2.31. The Morgan fingerprint density at radius 2 is 2.00 bits per heavy atom. The van der Waals surface area contributed by atoms with Crippen molar-refractivity contribution in [3.05, 3.63) is 23.7 Å². The van der Waals surface area contributed by atoms with E-state index < -0.39 is 11.9 Å². The molecule has 3 N–H and O–H groups in total. The summed E-state index contributed by atoms with van der Waals surface area (Å²) in [7, 11) is 0. The Hall–Kier alpha value is -2.16. The molecule has 2 aliphatic heterocycles. The van der Waals surface area contributed by atoms with E-state index in [4.69, 9.17) is 5.41 Å². The minimum absolute atomic E-state index is 0.0747. The summed E-state index contributed by atoms with van der Waals surface area (Å²) in [5.41, 5.74) is -0.553. The highest BCUT2D eigenvalue weighted by atomic mass is 19.4. The summed E-state index contributed by atoms with van der Waals surface area (Å²) in [6.45, 7) is 3.10. The molecule has 0 saturated carbocycles. The lowest BCUT2D eigenvalue weighted by Gasteiger charge is -2.31. The summed E-state index contributed by atoms with van der Waals surface area (Å²) < 4.78 is 39.5. The number of hydrogen-bond donors (Lipinski definition) is 3. The SMILES string of the molecule is N=C/C(=C\NC1CCNCC1)c1cc(C(F)(F)F)nc(N2CCC2)n1. The van der Waals surface area contributed by atoms with Crippen molar-refractivity contribution in [2.45, 2.75) is 31.5 Å². The Labute approximate surface area is 144 Å². The van der Waals surface area contributed by atoms with Crippen molar-refractivity contribution in [2.75, 3.05) is 31.1 Å². The van der Waals surface area contributed by atoms with Crippen LogP contribution in [0.5, 0.6) is 0 Å². The smallest absolute Gasteiger partial charge is 0.387 e. The standard InChI is InChI=1S/C16H21F3N6/c17-16(18,19)14-8-13(23-15(24-14)25-6-1-7-25)11(9-20)10-22-12-2-4-21-5-3-12/h8-10,12,20-22H,1-7H2/b11-10+,20-9?. The fraction of sp³-hybridized carbons (Fsp3) is 0.562. The molecular formula is C16H21F3N6. The van der Waals surface area contributed by atoms with Gasteiger partial charge in [-0.3, -0.25) is 0 Å². The molecule has 3 heterocycles. The molecule has 0 unspecified atom stereocenters. The minimum atomic E-state index is -4.55. The van der Waals surface area contributed by atoms with Gasteiger partial charge in [0.05, 0.1) is 5.69 Å². The Morgan fingerprint density at radius 3 is 2.56 bits per heavy atom. The lowest BCUT2D eigenvalue weighted by molar-refractivity contribution is -0.141. The van der Waals surface area contributed by atoms with E-state index in [-0.39, 0.29) is 17.7 Å². The van der Waals surface area contributed by atoms with Crippen molar-refractivity contribution in [3.63, 3.8) is 0 Å². The van der Waals surface area contributed by atoms with Gasteiger partial charge in [0.1, 0.15) is 0 Å². The van der Waals surface area contributed by atoms with E-state index in [2.05, 4.69) is 20.6 Å². The monoisotopic (exact) mass is 354 g/mol. The topological polar surface area (TPSA) is 76.9 Å². The fourth-order valence-corrected chi connectivity index (χ4v) is 2.77. The van der Waals surface area contributed by atoms with Crippen LogP contribution in [0.15, 0.2) is 12.3 Å². The molecule has 2 fully saturated rings. The molecule has 2 aliphatic rings. The molecule has 6 nitrogen and oxygen atoms in total. The van der Waals surface area contributed by atoms with E-state index in [1.165, 1.54) is 0 Å². The lowest BCUT2D eigenvalue weighted by Crippen LogP contribution is -2.39. The normalized spacial score (nSPS) is 19.5. The zero-order valence-corrected chi connectivity index (χ0v) is 13.7. The van der Waals surface area contributed by atoms with Gasteiger partial charge in [0.2, 0.25) is 5.95 Å². The van der Waals surface area contributed by atoms with Gasteiger partial charge in [0.15, 0.2) is 5.69 Å². The highest BCUT2D eigenvalue weighted by molar-refractivity contribution is 6.07. The van der Waals surface area contributed by atoms with Crippen molar-refractivity contribution in [1.29, 1.82) is 5.41 Å². The Kier molecular flexibility index (Phi) is 5.22. The molecule has 136 valence electrons. The maximum atomic E-state index is 13.2. The number of nitrogens with zero attached hydrogens (tertiary/aromatic N) is 3. The number of aromatic nitrogens is 2. The first-order chi connectivity index (χ1) is 12.0. The predicted octanol–water partition coefficient (Wildman–Crippen LogP) is 2.04. The maximum absolute atomic E-state index is 13.2. The van der Waals surface area contributed by atoms with Gasteiger partial charge in [-0.25, -0.2) is 9.97 Å². The second kappa shape index (κ2) is 7.38. The summed E-state index contributed by atoms with van der Waals surface area (Å²) in [6, 6.07) is 1.15. The average Bonchev–Trinajstić information content (AvgIpc) is 2.54. The molecule has 1 aromatic heterocycles. The van der Waals surface area contributed by atoms with Crippen LogP contribution in [0.4, 0.5) is 19.1 Å². The molecule has 3 rings (SSSR count). The molecule has 0 amide bonds. The largest absolute Gasteiger partial charge is 0.433 e. The molecule has 0 spiro atoms. The number of alkyl halides is 3. The number of hydrogen-bond acceptors (Lipinski definition) is 6. The van der Waals surface area contributed by atoms with Crippen LogP contribution in [0.2, 0.25) is 0 Å². The van der Waals surface area contributed by atoms with Crippen molar-refractivity contribution in [1.82, 2.24) is 20.6 Å². The quantitative estimate of drug-likeness (QED) is 0.706. The molecule has 0 aliphatic carbocycles. The molecule has 2 saturated heterocycles. The van der Waals surface area contributed by atoms with Crippen LogP contribution in [0.25, 0.3) is 5.57 Å². The number of halogens is 3. The van der Waals surface area contributed by atoms with Gasteiger partial charge < -0.3 is 20.9 Å². The first kappa shape index (κ1) is 17.7. The van der Waals surface area contributed by atoms with Crippen LogP contribution in [-0.2, 0) is 6.18 Å². The number of allylic oxidation sites excluding steroid dienone is 1. The second-order valence-electron chi connectivity index (χ2n) is 6.21. The molecule has 0 aromatic carbocycles. The Bertz CT molecular complexity index is 648. The van der Waals surface area contributed by atoms with E-state index in [1.54, 1.807) is 11.1 Å². The first-order valence-corrected chi connectivity index (χ1v) is 8.36. The molecule has 0 radical (unpaired) electrons. The highest BCUT2D eigenvalue weighted by Gasteiger charge is 2.35. The van der Waals surface area contributed by atoms with Crippen LogP contribution < -0.4 is 15.5 Å². The molecule has 0 bridgehead atoms. The van der Waals surface area contributed by atoms with E-state index >= 15 is 0 Å². The van der Waals surface area contributed by atoms with Crippen LogP contribution in [0.3, 0.4) is 0 Å². The lowest BCUT2D eigenvalue weighted by atomic mass is 10.1. The second-order valence-corrected chi connectivity index (χ2v) is 6.21. The van der Waals surface area contributed by atoms with Crippen molar-refractivity contribution >= 4 is 17.7 Å². The summed E-state index contributed by atoms with van der Waals surface area (Å²) in [4.78, 5) is 9.61. The van der Waals surface area contributed by atoms with Crippen molar-refractivity contribution < 1.29 is 13.2 Å². The van der Waals surface area contributed by atoms with E-state index in [9.17, 15) is 13.2 Å². The van der Waals surface area contributed by atoms with E-state index in [0.29, 0.717) is 18.7 Å². The van der Waals surface area contributed by atoms with Gasteiger partial charge >= 0.3 is 6.18 Å². The number of piperidine rings is 1. The minimum Gasteiger partial charge on any atom is -0.387 e. The predicted molar refractivity (Wildman–Crippen MR) is 89.7 cm³/mol. The third kappa shape index (κ3) is 4.28. The van der Waals surface area contributed by atoms with Crippen LogP contribution in [0, 0.1) is 5.41 Å². The molecule has 1 aromatic rings. The zero-order chi connectivity index (χ0) is 17.9. The Morgan fingerprint density at radius 1 is 1.28 bits per heavy atom. The average molecular weight is 354 g/mol. The maximum Gasteiger partial charge on any atom is 0.433 e.